The molecule has 104 valence electrons. The minimum atomic E-state index is -0.971. The van der Waals surface area contributed by atoms with E-state index in [1.165, 1.54) is 6.92 Å². The number of carboxylic acid groups (broad SMARTS) is 1. The molecule has 0 aliphatic rings. The molecule has 0 spiro atoms. The smallest absolute Gasteiger partial charge is 0.307 e. The van der Waals surface area contributed by atoms with Gasteiger partial charge in [0.05, 0.1) is 12.0 Å². The van der Waals surface area contributed by atoms with Crippen LogP contribution in [-0.4, -0.2) is 17.0 Å². The molecule has 1 rings (SSSR count). The van der Waals surface area contributed by atoms with Crippen molar-refractivity contribution in [3.63, 3.8) is 0 Å². The molecule has 2 N–H and O–H groups in total. The van der Waals surface area contributed by atoms with Crippen molar-refractivity contribution in [3.05, 3.63) is 34.9 Å². The Bertz CT molecular complexity index is 458. The van der Waals surface area contributed by atoms with Crippen LogP contribution in [0.1, 0.15) is 32.4 Å². The number of amides is 1. The Morgan fingerprint density at radius 2 is 1.63 bits per heavy atom. The molecule has 5 heteroatoms. The van der Waals surface area contributed by atoms with E-state index >= 15 is 0 Å². The summed E-state index contributed by atoms with van der Waals surface area (Å²) in [6.07, 6.45) is 0. The summed E-state index contributed by atoms with van der Waals surface area (Å²) >= 11 is 5.80. The van der Waals surface area contributed by atoms with E-state index in [1.807, 2.05) is 19.1 Å². The highest BCUT2D eigenvalue weighted by Gasteiger charge is 2.26. The predicted octanol–water partition coefficient (Wildman–Crippen LogP) is 2.87. The zero-order valence-corrected chi connectivity index (χ0v) is 11.9. The van der Waals surface area contributed by atoms with Crippen molar-refractivity contribution in [2.24, 2.45) is 11.8 Å². The highest BCUT2D eigenvalue weighted by Crippen LogP contribution is 2.18. The molecule has 3 unspecified atom stereocenters. The topological polar surface area (TPSA) is 66.4 Å². The van der Waals surface area contributed by atoms with Crippen LogP contribution >= 0.6 is 11.6 Å². The molecule has 1 aromatic rings. The molecule has 0 bridgehead atoms. The number of carbonyl (C=O) groups excluding carboxylic acids is 1. The average Bonchev–Trinajstić information content (AvgIpc) is 2.37. The standard InChI is InChI=1S/C14H18ClNO3/c1-8(9(2)14(18)19)13(17)16-10(3)11-4-6-12(15)7-5-11/h4-10H,1-3H3,(H,16,17)(H,18,19). The van der Waals surface area contributed by atoms with Crippen LogP contribution in [0.4, 0.5) is 0 Å². The fourth-order valence-corrected chi connectivity index (χ4v) is 1.75. The fourth-order valence-electron chi connectivity index (χ4n) is 1.62. The molecular weight excluding hydrogens is 266 g/mol. The summed E-state index contributed by atoms with van der Waals surface area (Å²) in [5, 5.41) is 12.3. The number of carboxylic acids is 1. The third-order valence-corrected chi connectivity index (χ3v) is 3.53. The van der Waals surface area contributed by atoms with E-state index in [0.717, 1.165) is 5.56 Å². The summed E-state index contributed by atoms with van der Waals surface area (Å²) < 4.78 is 0. The lowest BCUT2D eigenvalue weighted by molar-refractivity contribution is -0.146. The first-order valence-corrected chi connectivity index (χ1v) is 6.49. The SMILES string of the molecule is CC(NC(=O)C(C)C(C)C(=O)O)c1ccc(Cl)cc1. The third-order valence-electron chi connectivity index (χ3n) is 3.28. The van der Waals surface area contributed by atoms with E-state index in [2.05, 4.69) is 5.32 Å². The van der Waals surface area contributed by atoms with Crippen LogP contribution < -0.4 is 5.32 Å². The Labute approximate surface area is 117 Å². The Hall–Kier alpha value is -1.55. The molecule has 4 nitrogen and oxygen atoms in total. The quantitative estimate of drug-likeness (QED) is 0.873. The van der Waals surface area contributed by atoms with Crippen LogP contribution in [0.5, 0.6) is 0 Å². The molecule has 1 amide bonds. The summed E-state index contributed by atoms with van der Waals surface area (Å²) in [6.45, 7) is 4.99. The number of benzene rings is 1. The summed E-state index contributed by atoms with van der Waals surface area (Å²) in [4.78, 5) is 22.8. The number of hydrogen-bond donors (Lipinski definition) is 2. The molecule has 3 atom stereocenters. The lowest BCUT2D eigenvalue weighted by Gasteiger charge is -2.20. The minimum Gasteiger partial charge on any atom is -0.481 e. The number of aliphatic carboxylic acids is 1. The summed E-state index contributed by atoms with van der Waals surface area (Å²) in [5.74, 6) is -2.52. The molecule has 0 aliphatic heterocycles. The molecule has 0 fully saturated rings. The first-order valence-electron chi connectivity index (χ1n) is 6.11. The first-order chi connectivity index (χ1) is 8.82. The van der Waals surface area contributed by atoms with Gasteiger partial charge in [-0.2, -0.15) is 0 Å². The Balaban J connectivity index is 2.66. The Morgan fingerprint density at radius 3 is 2.11 bits per heavy atom. The second-order valence-corrected chi connectivity index (χ2v) is 5.13. The van der Waals surface area contributed by atoms with E-state index < -0.39 is 17.8 Å². The molecule has 0 saturated carbocycles. The second-order valence-electron chi connectivity index (χ2n) is 4.70. The van der Waals surface area contributed by atoms with Gasteiger partial charge < -0.3 is 10.4 Å². The van der Waals surface area contributed by atoms with Gasteiger partial charge in [-0.3, -0.25) is 9.59 Å². The van der Waals surface area contributed by atoms with Crippen molar-refractivity contribution in [1.82, 2.24) is 5.32 Å². The maximum atomic E-state index is 11.9. The van der Waals surface area contributed by atoms with Gasteiger partial charge in [-0.05, 0) is 24.6 Å². The normalized spacial score (nSPS) is 15.4. The third kappa shape index (κ3) is 4.24. The zero-order valence-electron chi connectivity index (χ0n) is 11.2. The monoisotopic (exact) mass is 283 g/mol. The van der Waals surface area contributed by atoms with E-state index in [1.54, 1.807) is 19.1 Å². The van der Waals surface area contributed by atoms with Gasteiger partial charge in [-0.25, -0.2) is 0 Å². The zero-order chi connectivity index (χ0) is 14.6. The highest BCUT2D eigenvalue weighted by atomic mass is 35.5. The van der Waals surface area contributed by atoms with Crippen LogP contribution in [0.3, 0.4) is 0 Å². The van der Waals surface area contributed by atoms with Gasteiger partial charge in [0.25, 0.3) is 0 Å². The predicted molar refractivity (Wildman–Crippen MR) is 74.0 cm³/mol. The highest BCUT2D eigenvalue weighted by molar-refractivity contribution is 6.30. The number of nitrogens with one attached hydrogen (secondary N) is 1. The number of hydrogen-bond acceptors (Lipinski definition) is 2. The van der Waals surface area contributed by atoms with Crippen molar-refractivity contribution >= 4 is 23.5 Å². The second kappa shape index (κ2) is 6.57. The van der Waals surface area contributed by atoms with Gasteiger partial charge in [0.15, 0.2) is 0 Å². The minimum absolute atomic E-state index is 0.187. The van der Waals surface area contributed by atoms with E-state index in [0.29, 0.717) is 5.02 Å². The van der Waals surface area contributed by atoms with Crippen LogP contribution in [-0.2, 0) is 9.59 Å². The molecular formula is C14H18ClNO3. The molecule has 0 radical (unpaired) electrons. The van der Waals surface area contributed by atoms with E-state index in [-0.39, 0.29) is 11.9 Å². The van der Waals surface area contributed by atoms with Gasteiger partial charge in [0.2, 0.25) is 5.91 Å². The molecule has 1 aromatic carbocycles. The maximum absolute atomic E-state index is 11.9. The van der Waals surface area contributed by atoms with Gasteiger partial charge in [0.1, 0.15) is 0 Å². The van der Waals surface area contributed by atoms with Crippen LogP contribution in [0.2, 0.25) is 5.02 Å². The van der Waals surface area contributed by atoms with E-state index in [9.17, 15) is 9.59 Å². The van der Waals surface area contributed by atoms with Crippen molar-refractivity contribution < 1.29 is 14.7 Å². The maximum Gasteiger partial charge on any atom is 0.307 e. The Morgan fingerprint density at radius 1 is 1.11 bits per heavy atom. The van der Waals surface area contributed by atoms with Crippen molar-refractivity contribution in [2.75, 3.05) is 0 Å². The van der Waals surface area contributed by atoms with Gasteiger partial charge >= 0.3 is 5.97 Å². The molecule has 0 aromatic heterocycles. The number of carbonyl (C=O) groups is 2. The molecule has 0 saturated heterocycles. The van der Waals surface area contributed by atoms with Crippen LogP contribution in [0.15, 0.2) is 24.3 Å². The lowest BCUT2D eigenvalue weighted by Crippen LogP contribution is -2.36. The molecule has 0 heterocycles. The lowest BCUT2D eigenvalue weighted by atomic mass is 9.94. The fraction of sp³-hybridized carbons (Fsp3) is 0.429. The summed E-state index contributed by atoms with van der Waals surface area (Å²) in [5.41, 5.74) is 0.924. The van der Waals surface area contributed by atoms with Crippen molar-refractivity contribution in [1.29, 1.82) is 0 Å². The van der Waals surface area contributed by atoms with Crippen molar-refractivity contribution in [2.45, 2.75) is 26.8 Å². The largest absolute Gasteiger partial charge is 0.481 e. The summed E-state index contributed by atoms with van der Waals surface area (Å²) in [6, 6.07) is 6.98. The average molecular weight is 284 g/mol. The molecule has 0 aliphatic carbocycles. The first kappa shape index (κ1) is 15.5. The number of rotatable bonds is 5. The number of halogens is 1. The van der Waals surface area contributed by atoms with Crippen LogP contribution in [0.25, 0.3) is 0 Å². The van der Waals surface area contributed by atoms with Gasteiger partial charge in [-0.1, -0.05) is 37.6 Å². The molecule has 19 heavy (non-hydrogen) atoms. The Kier molecular flexibility index (Phi) is 5.36. The summed E-state index contributed by atoms with van der Waals surface area (Å²) in [7, 11) is 0. The van der Waals surface area contributed by atoms with Crippen LogP contribution in [0, 0.1) is 11.8 Å². The van der Waals surface area contributed by atoms with Crippen molar-refractivity contribution in [3.8, 4) is 0 Å². The van der Waals surface area contributed by atoms with E-state index in [4.69, 9.17) is 16.7 Å². The van der Waals surface area contributed by atoms with Gasteiger partial charge in [0, 0.05) is 10.9 Å². The van der Waals surface area contributed by atoms with Gasteiger partial charge in [-0.15, -0.1) is 0 Å².